The highest BCUT2D eigenvalue weighted by atomic mass is 32.2. The van der Waals surface area contributed by atoms with Crippen LogP contribution in [0.2, 0.25) is 0 Å². The zero-order chi connectivity index (χ0) is 15.5. The molecule has 2 N–H and O–H groups in total. The Morgan fingerprint density at radius 3 is 2.81 bits per heavy atom. The molecule has 1 aliphatic heterocycles. The fourth-order valence-electron chi connectivity index (χ4n) is 2.35. The predicted molar refractivity (Wildman–Crippen MR) is 86.5 cm³/mol. The molecule has 0 saturated carbocycles. The molecule has 1 aromatic carbocycles. The van der Waals surface area contributed by atoms with E-state index < -0.39 is 15.4 Å². The summed E-state index contributed by atoms with van der Waals surface area (Å²) in [6.45, 7) is 1.95. The zero-order valence-electron chi connectivity index (χ0n) is 12.2. The lowest BCUT2D eigenvalue weighted by atomic mass is 10.0. The van der Waals surface area contributed by atoms with Gasteiger partial charge in [-0.1, -0.05) is 6.07 Å². The summed E-state index contributed by atoms with van der Waals surface area (Å²) in [5, 5.41) is 5.88. The number of hydrogen-bond donors (Lipinski definition) is 2. The first kappa shape index (κ1) is 16.3. The Balaban J connectivity index is 1.88. The van der Waals surface area contributed by atoms with Crippen molar-refractivity contribution in [3.8, 4) is 0 Å². The highest BCUT2D eigenvalue weighted by molar-refractivity contribution is 7.98. The minimum atomic E-state index is -2.97. The van der Waals surface area contributed by atoms with E-state index in [4.69, 9.17) is 0 Å². The third-order valence-corrected chi connectivity index (χ3v) is 6.16. The molecule has 0 aromatic heterocycles. The summed E-state index contributed by atoms with van der Waals surface area (Å²) in [5.74, 6) is 0.113. The molecule has 0 spiro atoms. The molecule has 116 valence electrons. The topological polar surface area (TPSA) is 75.3 Å². The van der Waals surface area contributed by atoms with Crippen LogP contribution in [0, 0.1) is 0 Å². The summed E-state index contributed by atoms with van der Waals surface area (Å²) < 4.78 is 23.0. The van der Waals surface area contributed by atoms with Crippen molar-refractivity contribution in [1.82, 2.24) is 5.32 Å². The summed E-state index contributed by atoms with van der Waals surface area (Å²) in [6, 6.07) is 7.60. The van der Waals surface area contributed by atoms with Crippen molar-refractivity contribution in [2.75, 3.05) is 29.6 Å². The van der Waals surface area contributed by atoms with Crippen molar-refractivity contribution < 1.29 is 13.2 Å². The Kier molecular flexibility index (Phi) is 4.95. The van der Waals surface area contributed by atoms with Crippen LogP contribution in [0.5, 0.6) is 0 Å². The molecule has 1 aliphatic rings. The third kappa shape index (κ3) is 4.72. The van der Waals surface area contributed by atoms with E-state index in [1.807, 2.05) is 37.4 Å². The summed E-state index contributed by atoms with van der Waals surface area (Å²) in [6.07, 6.45) is 2.52. The quantitative estimate of drug-likeness (QED) is 0.802. The smallest absolute Gasteiger partial charge is 0.238 e. The van der Waals surface area contributed by atoms with Gasteiger partial charge in [-0.15, -0.1) is 11.8 Å². The summed E-state index contributed by atoms with van der Waals surface area (Å²) in [4.78, 5) is 13.0. The van der Waals surface area contributed by atoms with Gasteiger partial charge >= 0.3 is 0 Å². The van der Waals surface area contributed by atoms with E-state index in [1.54, 1.807) is 11.8 Å². The van der Waals surface area contributed by atoms with Gasteiger partial charge in [0.05, 0.1) is 18.1 Å². The number of thioether (sulfide) groups is 1. The number of carbonyl (C=O) groups is 1. The van der Waals surface area contributed by atoms with Crippen molar-refractivity contribution >= 4 is 33.2 Å². The van der Waals surface area contributed by atoms with Crippen molar-refractivity contribution in [3.63, 3.8) is 0 Å². The van der Waals surface area contributed by atoms with Crippen molar-refractivity contribution in [2.45, 2.75) is 23.8 Å². The molecule has 1 heterocycles. The van der Waals surface area contributed by atoms with Gasteiger partial charge in [0.2, 0.25) is 5.91 Å². The van der Waals surface area contributed by atoms with Crippen LogP contribution in [-0.2, 0) is 14.6 Å². The van der Waals surface area contributed by atoms with E-state index in [2.05, 4.69) is 10.6 Å². The Morgan fingerprint density at radius 1 is 1.43 bits per heavy atom. The van der Waals surface area contributed by atoms with E-state index in [-0.39, 0.29) is 24.0 Å². The van der Waals surface area contributed by atoms with Crippen LogP contribution < -0.4 is 10.6 Å². The molecule has 1 aromatic rings. The van der Waals surface area contributed by atoms with Crippen molar-refractivity contribution in [2.24, 2.45) is 0 Å². The molecule has 5 nitrogen and oxygen atoms in total. The van der Waals surface area contributed by atoms with E-state index in [0.717, 1.165) is 10.6 Å². The molecule has 0 bridgehead atoms. The van der Waals surface area contributed by atoms with Crippen LogP contribution in [0.1, 0.15) is 13.3 Å². The molecular formula is C14H20N2O3S2. The first-order chi connectivity index (χ1) is 9.82. The zero-order valence-corrected chi connectivity index (χ0v) is 13.8. The molecule has 1 atom stereocenters. The van der Waals surface area contributed by atoms with Crippen LogP contribution in [0.25, 0.3) is 0 Å². The number of carbonyl (C=O) groups excluding carboxylic acids is 1. The fourth-order valence-corrected chi connectivity index (χ4v) is 4.93. The largest absolute Gasteiger partial charge is 0.325 e. The molecule has 1 amide bonds. The number of anilines is 1. The Bertz CT molecular complexity index is 631. The maximum atomic E-state index is 11.9. The van der Waals surface area contributed by atoms with Crippen LogP contribution in [0.4, 0.5) is 5.69 Å². The van der Waals surface area contributed by atoms with Gasteiger partial charge in [0.1, 0.15) is 0 Å². The number of benzene rings is 1. The summed E-state index contributed by atoms with van der Waals surface area (Å²) >= 11 is 1.61. The van der Waals surface area contributed by atoms with E-state index >= 15 is 0 Å². The SMILES string of the molecule is CSc1cccc(NC(=O)CNC2(C)CCS(=O)(=O)C2)c1. The number of sulfone groups is 1. The standard InChI is InChI=1S/C14H20N2O3S2/c1-14(6-7-21(18,19)10-14)15-9-13(17)16-11-4-3-5-12(8-11)20-2/h3-5,8,15H,6-7,9-10H2,1-2H3,(H,16,17). The molecule has 0 aliphatic carbocycles. The van der Waals surface area contributed by atoms with Gasteiger partial charge in [0, 0.05) is 16.1 Å². The highest BCUT2D eigenvalue weighted by Gasteiger charge is 2.38. The van der Waals surface area contributed by atoms with Crippen molar-refractivity contribution in [1.29, 1.82) is 0 Å². The third-order valence-electron chi connectivity index (χ3n) is 3.53. The van der Waals surface area contributed by atoms with Crippen LogP contribution in [0.15, 0.2) is 29.2 Å². The first-order valence-corrected chi connectivity index (χ1v) is 9.76. The Labute approximate surface area is 129 Å². The van der Waals surface area contributed by atoms with Gasteiger partial charge in [-0.3, -0.25) is 4.79 Å². The summed E-state index contributed by atoms with van der Waals surface area (Å²) in [5.41, 5.74) is 0.245. The monoisotopic (exact) mass is 328 g/mol. The Hall–Kier alpha value is -1.05. The molecule has 2 rings (SSSR count). The summed E-state index contributed by atoms with van der Waals surface area (Å²) in [7, 11) is -2.97. The number of amides is 1. The fraction of sp³-hybridized carbons (Fsp3) is 0.500. The average Bonchev–Trinajstić information content (AvgIpc) is 2.71. The number of nitrogens with one attached hydrogen (secondary N) is 2. The molecule has 21 heavy (non-hydrogen) atoms. The van der Waals surface area contributed by atoms with Crippen LogP contribution in [0.3, 0.4) is 0 Å². The lowest BCUT2D eigenvalue weighted by Gasteiger charge is -2.23. The first-order valence-electron chi connectivity index (χ1n) is 6.71. The van der Waals surface area contributed by atoms with Gasteiger partial charge in [-0.2, -0.15) is 0 Å². The second kappa shape index (κ2) is 6.37. The molecular weight excluding hydrogens is 308 g/mol. The van der Waals surface area contributed by atoms with Gasteiger partial charge in [-0.25, -0.2) is 8.42 Å². The van der Waals surface area contributed by atoms with E-state index in [1.165, 1.54) is 0 Å². The lowest BCUT2D eigenvalue weighted by molar-refractivity contribution is -0.115. The van der Waals surface area contributed by atoms with Gasteiger partial charge in [-0.05, 0) is 37.8 Å². The maximum absolute atomic E-state index is 11.9. The van der Waals surface area contributed by atoms with E-state index in [9.17, 15) is 13.2 Å². The molecule has 1 fully saturated rings. The molecule has 1 unspecified atom stereocenters. The molecule has 1 saturated heterocycles. The molecule has 7 heteroatoms. The highest BCUT2D eigenvalue weighted by Crippen LogP contribution is 2.22. The maximum Gasteiger partial charge on any atom is 0.238 e. The minimum Gasteiger partial charge on any atom is -0.325 e. The van der Waals surface area contributed by atoms with Crippen molar-refractivity contribution in [3.05, 3.63) is 24.3 Å². The number of hydrogen-bond acceptors (Lipinski definition) is 5. The van der Waals surface area contributed by atoms with Gasteiger partial charge in [0.15, 0.2) is 9.84 Å². The van der Waals surface area contributed by atoms with E-state index in [0.29, 0.717) is 6.42 Å². The van der Waals surface area contributed by atoms with Crippen LogP contribution >= 0.6 is 11.8 Å². The van der Waals surface area contributed by atoms with Gasteiger partial charge < -0.3 is 10.6 Å². The molecule has 0 radical (unpaired) electrons. The Morgan fingerprint density at radius 2 is 2.19 bits per heavy atom. The lowest BCUT2D eigenvalue weighted by Crippen LogP contribution is -2.46. The van der Waals surface area contributed by atoms with Gasteiger partial charge in [0.25, 0.3) is 0 Å². The van der Waals surface area contributed by atoms with Crippen LogP contribution in [-0.4, -0.2) is 44.2 Å². The normalized spacial score (nSPS) is 23.9. The number of rotatable bonds is 5. The second-order valence-corrected chi connectivity index (χ2v) is 8.60. The minimum absolute atomic E-state index is 0.0925. The average molecular weight is 328 g/mol. The second-order valence-electron chi connectivity index (χ2n) is 5.54. The predicted octanol–water partition coefficient (Wildman–Crippen LogP) is 1.51.